The summed E-state index contributed by atoms with van der Waals surface area (Å²) < 4.78 is 51.2. The van der Waals surface area contributed by atoms with Crippen molar-refractivity contribution < 1.29 is 101 Å². The van der Waals surface area contributed by atoms with Crippen molar-refractivity contribution in [2.75, 3.05) is 78.5 Å². The van der Waals surface area contributed by atoms with Gasteiger partial charge in [-0.05, 0) is 157 Å². The van der Waals surface area contributed by atoms with Crippen LogP contribution >= 0.6 is 23.2 Å². The van der Waals surface area contributed by atoms with Crippen LogP contribution < -0.4 is 40.8 Å². The predicted molar refractivity (Wildman–Crippen MR) is 522 cm³/mol. The van der Waals surface area contributed by atoms with Gasteiger partial charge in [-0.2, -0.15) is 5.10 Å². The summed E-state index contributed by atoms with van der Waals surface area (Å²) in [6.45, 7) is 52.0. The SMILES string of the molecule is CC(C)(C)c1cc(-c2ccc(Cl)c(F)c2)nc2cc(C(=O)O)oc12.CC(C)(C)c1cc(-c2ccc(Cl)cc2)nc2cc(C(=O)N3CC[NH2+]CC3(C)C)oc12.CC(C)(C)c1cc(-c2ccc(F)cc2)nc2cc(C(=O)N3CCN(C(=O)C4CC(=O)C4)CC3(C)C)oc12.CC1(C)CN(C(=O)c2ncn[nH]2)CCN1.Cc1ccc(-c2cc(C(C)(C)C)c3oc(C(=O)N4CC[NH2+]CC4(C)C)cc3n2)cc1.[Cl-].[Cl-]. The number of quaternary nitrogens is 2. The number of Topliss-reactive ketones (excluding diaryl/α,β-unsaturated/α-hetero) is 1. The summed E-state index contributed by atoms with van der Waals surface area (Å²) in [5.41, 5.74) is 14.2. The number of aromatic nitrogens is 7. The van der Waals surface area contributed by atoms with Crippen LogP contribution in [0.25, 0.3) is 89.4 Å². The first-order valence-corrected chi connectivity index (χ1v) is 46.8. The Bertz CT molecular complexity index is 6510. The van der Waals surface area contributed by atoms with Crippen LogP contribution in [0, 0.1) is 24.5 Å². The lowest BCUT2D eigenvalue weighted by Crippen LogP contribution is -3.00. The number of hydrogen-bond donors (Lipinski definition) is 5. The molecule has 7 N–H and O–H groups in total. The number of aromatic amines is 1. The van der Waals surface area contributed by atoms with E-state index >= 15 is 0 Å². The Morgan fingerprint density at radius 3 is 1.22 bits per heavy atom. The van der Waals surface area contributed by atoms with E-state index in [1.54, 1.807) is 51.1 Å². The molecule has 27 nitrogen and oxygen atoms in total. The van der Waals surface area contributed by atoms with Crippen molar-refractivity contribution in [3.05, 3.63) is 224 Å². The van der Waals surface area contributed by atoms with Gasteiger partial charge in [0.05, 0.1) is 89.6 Å². The van der Waals surface area contributed by atoms with E-state index in [2.05, 4.69) is 183 Å². The zero-order valence-electron chi connectivity index (χ0n) is 82.1. The van der Waals surface area contributed by atoms with Crippen molar-refractivity contribution in [3.63, 3.8) is 0 Å². The highest BCUT2D eigenvalue weighted by atomic mass is 35.5. The third kappa shape index (κ3) is 23.7. The lowest BCUT2D eigenvalue weighted by atomic mass is 9.82. The number of benzene rings is 4. The number of carbonyl (C=O) groups is 7. The van der Waals surface area contributed by atoms with Gasteiger partial charge in [-0.3, -0.25) is 33.9 Å². The molecule has 0 unspecified atom stereocenters. The van der Waals surface area contributed by atoms with Crippen molar-refractivity contribution in [2.24, 2.45) is 5.92 Å². The number of carboxylic acid groups (broad SMARTS) is 1. The van der Waals surface area contributed by atoms with Gasteiger partial charge in [0.2, 0.25) is 17.5 Å². The van der Waals surface area contributed by atoms with Gasteiger partial charge < -0.3 is 88.0 Å². The summed E-state index contributed by atoms with van der Waals surface area (Å²) in [4.78, 5) is 119. The first-order chi connectivity index (χ1) is 63.7. The lowest BCUT2D eigenvalue weighted by molar-refractivity contribution is -0.673. The second kappa shape index (κ2) is 40.9. The summed E-state index contributed by atoms with van der Waals surface area (Å²) in [7, 11) is 0. The Labute approximate surface area is 825 Å². The molecule has 5 amide bonds. The molecule has 33 heteroatoms. The van der Waals surface area contributed by atoms with Crippen LogP contribution in [-0.2, 0) is 31.2 Å². The number of piperazine rings is 4. The first kappa shape index (κ1) is 105. The van der Waals surface area contributed by atoms with Crippen LogP contribution in [0.2, 0.25) is 10.0 Å². The number of aromatic carboxylic acids is 1. The highest BCUT2D eigenvalue weighted by molar-refractivity contribution is 6.31. The Kier molecular flexibility index (Phi) is 31.2. The van der Waals surface area contributed by atoms with Gasteiger partial charge in [0.25, 0.3) is 23.6 Å². The van der Waals surface area contributed by atoms with Crippen LogP contribution in [0.5, 0.6) is 0 Å². The number of nitrogens with zero attached hydrogens (tertiary/aromatic N) is 11. The molecule has 4 saturated heterocycles. The molecule has 5 aliphatic rings. The number of rotatable bonds is 10. The second-order valence-electron chi connectivity index (χ2n) is 42.5. The lowest BCUT2D eigenvalue weighted by Gasteiger charge is -2.47. The van der Waals surface area contributed by atoms with Crippen molar-refractivity contribution >= 4 is 109 Å². The molecule has 1 aliphatic carbocycles. The third-order valence-corrected chi connectivity index (χ3v) is 26.0. The maximum atomic E-state index is 13.8. The van der Waals surface area contributed by atoms with E-state index in [4.69, 9.17) is 60.9 Å². The normalized spacial score (nSPS) is 16.5. The number of H-pyrrole nitrogens is 1. The van der Waals surface area contributed by atoms with Crippen LogP contribution in [0.1, 0.15) is 232 Å². The first-order valence-electron chi connectivity index (χ1n) is 46.1. The number of fused-ring (bicyclic) bond motifs is 4. The standard InChI is InChI=1S/C29H32FN3O4.C25H31N3O2.C24H28ClN3O2.C18H15ClFNO3.C9H15N5O.2ClH/c1-28(2,3)21-14-22(17-6-8-19(30)9-7-17)31-23-15-24(37-25(21)23)27(36)33-11-10-32(16-29(33,4)5)26(35)18-12-20(34)13-18;1-16-7-9-17(10-8-16)19-13-18(24(2,3)4)22-20(27-19)14-21(30-22)23(29)28-12-11-26-15-25(28,5)6;1-23(2,3)17-12-18(15-6-8-16(25)9-7-15)27-19-13-20(30-21(17)19)22(29)28-11-10-26-14-24(28,4)5;1-18(2,3)10-7-13(9-4-5-11(19)12(20)6-9)21-14-8-15(17(22)23)24-16(10)14;1-9(2)5-14(4-3-11-9)8(15)7-10-6-12-13-7;;/h6-9,14-15,18H,10-13,16H2,1-5H3;7-10,13-14,26H,11-12,15H2,1-6H3;6-9,12-13,26H,10-11,14H2,1-5H3;4-8H,1-3H3,(H,22,23);6,11H,3-5H2,1-2H3,(H,10,12,13);2*1H. The fourth-order valence-corrected chi connectivity index (χ4v) is 17.9. The molecule has 732 valence electrons. The number of amides is 5. The summed E-state index contributed by atoms with van der Waals surface area (Å²) >= 11 is 11.8. The minimum atomic E-state index is -1.16. The number of aryl methyl sites for hydroxylation is 1. The zero-order chi connectivity index (χ0) is 98.6. The van der Waals surface area contributed by atoms with E-state index in [1.165, 1.54) is 42.2 Å². The number of furan rings is 4. The molecular weight excluding hydrogens is 1840 g/mol. The summed E-state index contributed by atoms with van der Waals surface area (Å²) in [6.07, 6.45) is 1.99. The number of carbonyl (C=O) groups excluding carboxylic acids is 6. The number of nitrogens with one attached hydrogen (secondary N) is 2. The van der Waals surface area contributed by atoms with Crippen LogP contribution in [0.3, 0.4) is 0 Å². The molecule has 9 aromatic heterocycles. The minimum absolute atomic E-state index is 0. The molecule has 13 heterocycles. The quantitative estimate of drug-likeness (QED) is 0.0849. The van der Waals surface area contributed by atoms with E-state index in [0.717, 1.165) is 95.1 Å². The monoisotopic (exact) mass is 1960 g/mol. The van der Waals surface area contributed by atoms with E-state index in [1.807, 2.05) is 80.8 Å². The van der Waals surface area contributed by atoms with Gasteiger partial charge in [-0.1, -0.05) is 154 Å². The van der Waals surface area contributed by atoms with Crippen LogP contribution in [0.4, 0.5) is 8.78 Å². The topological polar surface area (TPSA) is 347 Å². The molecule has 0 bridgehead atoms. The Morgan fingerprint density at radius 1 is 0.464 bits per heavy atom. The third-order valence-electron chi connectivity index (χ3n) is 25.4. The smallest absolute Gasteiger partial charge is 0.371 e. The highest BCUT2D eigenvalue weighted by Crippen LogP contribution is 2.42. The number of nitrogens with two attached hydrogens (primary N) is 2. The molecular formula is C105H123Cl4F2N15O12. The van der Waals surface area contributed by atoms with Crippen molar-refractivity contribution in [2.45, 2.75) is 202 Å². The Balaban J connectivity index is 0.000000158. The Hall–Kier alpha value is -11.8. The van der Waals surface area contributed by atoms with Crippen molar-refractivity contribution in [1.82, 2.24) is 64.9 Å². The molecule has 0 atom stereocenters. The average molecular weight is 1970 g/mol. The fourth-order valence-electron chi connectivity index (χ4n) is 17.7. The van der Waals surface area contributed by atoms with Crippen LogP contribution in [0.15, 0.2) is 164 Å². The number of pyridine rings is 4. The number of hydrogen-bond acceptors (Lipinski definition) is 18. The summed E-state index contributed by atoms with van der Waals surface area (Å²) in [5.74, 6) is -1.51. The molecule has 0 spiro atoms. The van der Waals surface area contributed by atoms with Gasteiger partial charge >= 0.3 is 5.97 Å². The molecule has 0 radical (unpaired) electrons. The maximum Gasteiger partial charge on any atom is 0.371 e. The molecule has 18 rings (SSSR count). The molecule has 13 aromatic rings. The average Bonchev–Trinajstić information content (AvgIpc) is 1.62. The fraction of sp³-hybridized carbons (Fsp3) is 0.419. The van der Waals surface area contributed by atoms with Crippen molar-refractivity contribution in [3.8, 4) is 45.0 Å². The van der Waals surface area contributed by atoms with E-state index in [-0.39, 0.29) is 127 Å². The molecule has 5 fully saturated rings. The highest BCUT2D eigenvalue weighted by Gasteiger charge is 2.45. The second-order valence-corrected chi connectivity index (χ2v) is 43.3. The summed E-state index contributed by atoms with van der Waals surface area (Å²) in [6, 6.07) is 41.2. The Morgan fingerprint density at radius 2 is 0.848 bits per heavy atom. The largest absolute Gasteiger partial charge is 1.00 e. The van der Waals surface area contributed by atoms with Gasteiger partial charge in [0, 0.05) is 131 Å². The zero-order valence-corrected chi connectivity index (χ0v) is 85.1. The van der Waals surface area contributed by atoms with Crippen molar-refractivity contribution in [1.29, 1.82) is 0 Å². The predicted octanol–water partition coefficient (Wildman–Crippen LogP) is 12.0. The number of carboxylic acids is 1. The molecule has 138 heavy (non-hydrogen) atoms. The van der Waals surface area contributed by atoms with Gasteiger partial charge in [-0.25, -0.2) is 38.5 Å². The van der Waals surface area contributed by atoms with Gasteiger partial charge in [0.15, 0.2) is 39.6 Å². The number of halogens is 6. The van der Waals surface area contributed by atoms with Gasteiger partial charge in [0.1, 0.15) is 45.8 Å². The molecule has 1 saturated carbocycles. The minimum Gasteiger partial charge on any atom is -1.00 e. The van der Waals surface area contributed by atoms with Crippen LogP contribution in [-0.4, -0.2) is 207 Å². The maximum absolute atomic E-state index is 13.8. The summed E-state index contributed by atoms with van der Waals surface area (Å²) in [5, 5.41) is 24.0. The molecule has 4 aromatic carbocycles. The molecule has 4 aliphatic heterocycles. The van der Waals surface area contributed by atoms with E-state index < -0.39 is 17.3 Å². The van der Waals surface area contributed by atoms with E-state index in [9.17, 15) is 42.3 Å². The number of ketones is 1. The van der Waals surface area contributed by atoms with Gasteiger partial charge in [-0.15, -0.1) is 0 Å². The van der Waals surface area contributed by atoms with E-state index in [0.29, 0.717) is 130 Å².